The van der Waals surface area contributed by atoms with Crippen molar-refractivity contribution in [1.82, 2.24) is 20.5 Å². The van der Waals surface area contributed by atoms with E-state index in [1.54, 1.807) is 0 Å². The number of benzene rings is 1. The molecule has 0 spiro atoms. The van der Waals surface area contributed by atoms with Crippen LogP contribution in [0.3, 0.4) is 0 Å². The molecule has 0 unspecified atom stereocenters. The first-order valence-corrected chi connectivity index (χ1v) is 11.0. The Hall–Kier alpha value is -2.86. The molecule has 0 radical (unpaired) electrons. The third kappa shape index (κ3) is 3.06. The number of aromatic amines is 1. The maximum atomic E-state index is 6.13. The average Bonchev–Trinajstić information content (AvgIpc) is 3.38. The lowest BCUT2D eigenvalue weighted by molar-refractivity contribution is 0.325. The van der Waals surface area contributed by atoms with Crippen molar-refractivity contribution in [2.45, 2.75) is 50.2 Å². The van der Waals surface area contributed by atoms with E-state index >= 15 is 0 Å². The van der Waals surface area contributed by atoms with Crippen molar-refractivity contribution in [2.24, 2.45) is 0 Å². The Morgan fingerprint density at radius 2 is 1.87 bits per heavy atom. The fourth-order valence-corrected chi connectivity index (χ4v) is 5.36. The summed E-state index contributed by atoms with van der Waals surface area (Å²) in [7, 11) is 2.21. The van der Waals surface area contributed by atoms with Crippen LogP contribution in [0.4, 0.5) is 5.82 Å². The Kier molecular flexibility index (Phi) is 4.27. The van der Waals surface area contributed by atoms with Gasteiger partial charge in [-0.2, -0.15) is 5.10 Å². The van der Waals surface area contributed by atoms with Crippen LogP contribution in [0, 0.1) is 0 Å². The number of aromatic nitrogens is 3. The van der Waals surface area contributed by atoms with E-state index in [9.17, 15) is 0 Å². The van der Waals surface area contributed by atoms with Gasteiger partial charge in [0.25, 0.3) is 0 Å². The summed E-state index contributed by atoms with van der Waals surface area (Å²) >= 11 is 0. The van der Waals surface area contributed by atoms with Gasteiger partial charge >= 0.3 is 0 Å². The Bertz CT molecular complexity index is 1050. The lowest BCUT2D eigenvalue weighted by atomic mass is 9.97. The van der Waals surface area contributed by atoms with E-state index in [0.717, 1.165) is 40.4 Å². The number of rotatable bonds is 3. The van der Waals surface area contributed by atoms with E-state index in [2.05, 4.69) is 57.8 Å². The number of hydrogen-bond donors (Lipinski definition) is 2. The lowest BCUT2D eigenvalue weighted by Gasteiger charge is -2.36. The molecule has 3 aliphatic heterocycles. The minimum atomic E-state index is 0.570. The second kappa shape index (κ2) is 7.13. The van der Waals surface area contributed by atoms with Gasteiger partial charge in [-0.3, -0.25) is 5.10 Å². The van der Waals surface area contributed by atoms with Crippen LogP contribution in [0.15, 0.2) is 42.7 Å². The van der Waals surface area contributed by atoms with Crippen LogP contribution in [0.2, 0.25) is 0 Å². The van der Waals surface area contributed by atoms with Crippen molar-refractivity contribution in [3.8, 4) is 28.0 Å². The van der Waals surface area contributed by atoms with Gasteiger partial charge in [0.1, 0.15) is 11.6 Å². The highest BCUT2D eigenvalue weighted by Crippen LogP contribution is 2.39. The number of nitrogens with one attached hydrogen (secondary N) is 2. The average molecular weight is 402 g/mol. The van der Waals surface area contributed by atoms with Crippen molar-refractivity contribution in [3.05, 3.63) is 48.4 Å². The van der Waals surface area contributed by atoms with E-state index in [0.29, 0.717) is 24.7 Å². The van der Waals surface area contributed by atoms with Crippen LogP contribution in [-0.4, -0.2) is 47.0 Å². The molecule has 154 valence electrons. The standard InChI is InChI=1S/C24H27N5O/c1-29(19-11-17-3-4-18(12-19)27-17)24-7-6-20-21-5-2-15(16-13-25-26-14-16)10-23(21)30-9-8-22(20)28-24/h2,5-7,10,13-14,17-19,27H,3-4,8-9,11-12H2,1H3,(H,25,26)/t17-,18+,19-. The number of hydrogen-bond acceptors (Lipinski definition) is 5. The van der Waals surface area contributed by atoms with Crippen LogP contribution >= 0.6 is 0 Å². The summed E-state index contributed by atoms with van der Waals surface area (Å²) in [5.41, 5.74) is 5.61. The number of pyridine rings is 1. The van der Waals surface area contributed by atoms with E-state index in [1.807, 2.05) is 12.4 Å². The minimum absolute atomic E-state index is 0.570. The minimum Gasteiger partial charge on any atom is -0.493 e. The molecular weight excluding hydrogens is 374 g/mol. The molecule has 0 saturated carbocycles. The highest BCUT2D eigenvalue weighted by molar-refractivity contribution is 5.78. The van der Waals surface area contributed by atoms with Crippen LogP contribution in [0.25, 0.3) is 22.3 Å². The molecular formula is C24H27N5O. The number of anilines is 1. The summed E-state index contributed by atoms with van der Waals surface area (Å²) in [6.07, 6.45) is 9.64. The van der Waals surface area contributed by atoms with Crippen molar-refractivity contribution in [1.29, 1.82) is 0 Å². The zero-order valence-electron chi connectivity index (χ0n) is 17.3. The number of ether oxygens (including phenoxy) is 1. The molecule has 3 aromatic rings. The monoisotopic (exact) mass is 401 g/mol. The third-order valence-electron chi connectivity index (χ3n) is 7.02. The van der Waals surface area contributed by atoms with E-state index < -0.39 is 0 Å². The fraction of sp³-hybridized carbons (Fsp3) is 0.417. The highest BCUT2D eigenvalue weighted by atomic mass is 16.5. The predicted molar refractivity (Wildman–Crippen MR) is 118 cm³/mol. The molecule has 6 rings (SSSR count). The van der Waals surface area contributed by atoms with Crippen molar-refractivity contribution >= 4 is 5.82 Å². The van der Waals surface area contributed by atoms with E-state index in [1.165, 1.54) is 31.2 Å². The van der Waals surface area contributed by atoms with Gasteiger partial charge in [0.15, 0.2) is 0 Å². The molecule has 2 N–H and O–H groups in total. The molecule has 5 heterocycles. The number of H-pyrrole nitrogens is 1. The zero-order valence-corrected chi connectivity index (χ0v) is 17.3. The third-order valence-corrected chi connectivity index (χ3v) is 7.02. The lowest BCUT2D eigenvalue weighted by Crippen LogP contribution is -2.47. The molecule has 6 nitrogen and oxygen atoms in total. The maximum Gasteiger partial charge on any atom is 0.128 e. The summed E-state index contributed by atoms with van der Waals surface area (Å²) in [5, 5.41) is 10.7. The number of fused-ring (bicyclic) bond motifs is 5. The predicted octanol–water partition coefficient (Wildman–Crippen LogP) is 3.79. The first-order valence-electron chi connectivity index (χ1n) is 11.0. The van der Waals surface area contributed by atoms with E-state index in [-0.39, 0.29) is 0 Å². The van der Waals surface area contributed by atoms with Gasteiger partial charge in [-0.25, -0.2) is 4.98 Å². The maximum absolute atomic E-state index is 6.13. The summed E-state index contributed by atoms with van der Waals surface area (Å²) in [5.74, 6) is 2.00. The van der Waals surface area contributed by atoms with Crippen LogP contribution in [0.5, 0.6) is 5.75 Å². The Morgan fingerprint density at radius 3 is 2.67 bits per heavy atom. The zero-order chi connectivity index (χ0) is 20.1. The molecule has 30 heavy (non-hydrogen) atoms. The van der Waals surface area contributed by atoms with Crippen LogP contribution < -0.4 is 15.0 Å². The van der Waals surface area contributed by atoms with E-state index in [4.69, 9.17) is 9.72 Å². The molecule has 3 atom stereocenters. The molecule has 2 fully saturated rings. The Morgan fingerprint density at radius 1 is 1.03 bits per heavy atom. The van der Waals surface area contributed by atoms with Crippen molar-refractivity contribution in [3.63, 3.8) is 0 Å². The second-order valence-electron chi connectivity index (χ2n) is 8.83. The normalized spacial score (nSPS) is 24.5. The molecule has 2 bridgehead atoms. The summed E-state index contributed by atoms with van der Waals surface area (Å²) in [4.78, 5) is 7.50. The second-order valence-corrected chi connectivity index (χ2v) is 8.83. The molecule has 3 aliphatic rings. The quantitative estimate of drug-likeness (QED) is 0.699. The van der Waals surface area contributed by atoms with Gasteiger partial charge in [-0.15, -0.1) is 0 Å². The van der Waals surface area contributed by atoms with Crippen molar-refractivity contribution in [2.75, 3.05) is 18.6 Å². The Labute approximate surface area is 176 Å². The summed E-state index contributed by atoms with van der Waals surface area (Å²) in [6.45, 7) is 0.645. The van der Waals surface area contributed by atoms with Gasteiger partial charge < -0.3 is 15.0 Å². The fourth-order valence-electron chi connectivity index (χ4n) is 5.36. The van der Waals surface area contributed by atoms with Gasteiger partial charge in [0, 0.05) is 54.5 Å². The van der Waals surface area contributed by atoms with Gasteiger partial charge in [-0.1, -0.05) is 6.07 Å². The Balaban J connectivity index is 1.31. The summed E-state index contributed by atoms with van der Waals surface area (Å²) in [6, 6.07) is 12.7. The molecule has 2 saturated heterocycles. The summed E-state index contributed by atoms with van der Waals surface area (Å²) < 4.78 is 6.13. The molecule has 0 amide bonds. The van der Waals surface area contributed by atoms with Crippen LogP contribution in [0.1, 0.15) is 31.4 Å². The van der Waals surface area contributed by atoms with Gasteiger partial charge in [0.05, 0.1) is 18.5 Å². The molecule has 0 aliphatic carbocycles. The topological polar surface area (TPSA) is 66.1 Å². The molecule has 1 aromatic carbocycles. The number of nitrogens with zero attached hydrogens (tertiary/aromatic N) is 3. The highest BCUT2D eigenvalue weighted by Gasteiger charge is 2.35. The smallest absolute Gasteiger partial charge is 0.128 e. The molecule has 6 heteroatoms. The first-order chi connectivity index (χ1) is 14.7. The largest absolute Gasteiger partial charge is 0.493 e. The molecule has 2 aromatic heterocycles. The van der Waals surface area contributed by atoms with Gasteiger partial charge in [-0.05, 0) is 55.5 Å². The van der Waals surface area contributed by atoms with Gasteiger partial charge in [0.2, 0.25) is 0 Å². The SMILES string of the molecule is CN(c1ccc2c(n1)CCOc1cc(-c3cn[nH]c3)ccc1-2)[C@@H]1C[C@H]2CC[C@@H](C1)N2. The first kappa shape index (κ1) is 18.0. The number of piperidine rings is 1. The van der Waals surface area contributed by atoms with Crippen LogP contribution in [-0.2, 0) is 6.42 Å². The van der Waals surface area contributed by atoms with Crippen molar-refractivity contribution < 1.29 is 4.74 Å².